The summed E-state index contributed by atoms with van der Waals surface area (Å²) in [7, 11) is 2.17. The lowest BCUT2D eigenvalue weighted by atomic mass is 9.98. The number of hydrogen-bond acceptors (Lipinski definition) is 3. The van der Waals surface area contributed by atoms with Gasteiger partial charge in [-0.15, -0.1) is 0 Å². The molecule has 0 saturated heterocycles. The van der Waals surface area contributed by atoms with Crippen LogP contribution in [0.5, 0.6) is 0 Å². The van der Waals surface area contributed by atoms with Crippen LogP contribution in [0.3, 0.4) is 0 Å². The number of pyridine rings is 2. The van der Waals surface area contributed by atoms with Crippen molar-refractivity contribution >= 4 is 16.7 Å². The molecule has 3 heterocycles. The molecule has 0 fully saturated rings. The fraction of sp³-hybridized carbons (Fsp3) is 0.385. The molecule has 4 heteroatoms. The van der Waals surface area contributed by atoms with E-state index in [1.54, 1.807) is 0 Å². The quantitative estimate of drug-likeness (QED) is 0.471. The van der Waals surface area contributed by atoms with Crippen molar-refractivity contribution in [3.8, 4) is 0 Å². The Labute approximate surface area is 182 Å². The van der Waals surface area contributed by atoms with Crippen molar-refractivity contribution in [1.82, 2.24) is 19.5 Å². The Hall–Kier alpha value is -2.72. The zero-order chi connectivity index (χ0) is 22.3. The van der Waals surface area contributed by atoms with Gasteiger partial charge < -0.3 is 4.90 Å². The molecule has 0 unspecified atom stereocenters. The highest BCUT2D eigenvalue weighted by Gasteiger charge is 2.10. The van der Waals surface area contributed by atoms with Crippen LogP contribution in [-0.2, 0) is 0 Å². The van der Waals surface area contributed by atoms with Crippen LogP contribution in [0.15, 0.2) is 49.8 Å². The third-order valence-electron chi connectivity index (χ3n) is 5.09. The molecule has 0 aliphatic carbocycles. The van der Waals surface area contributed by atoms with E-state index in [0.29, 0.717) is 0 Å². The SMILES string of the molecule is C=C(c1ccn2ncc(C(=C)C)c2c1)c1ccc(C)nc1C.CCCN(C)CCC. The lowest BCUT2D eigenvalue weighted by molar-refractivity contribution is 0.335. The molecule has 0 amide bonds. The summed E-state index contributed by atoms with van der Waals surface area (Å²) < 4.78 is 1.86. The summed E-state index contributed by atoms with van der Waals surface area (Å²) in [6.07, 6.45) is 6.36. The molecule has 0 saturated carbocycles. The molecule has 0 N–H and O–H groups in total. The lowest BCUT2D eigenvalue weighted by Crippen LogP contribution is -2.19. The van der Waals surface area contributed by atoms with Gasteiger partial charge in [0.2, 0.25) is 0 Å². The first-order valence-corrected chi connectivity index (χ1v) is 10.7. The number of aromatic nitrogens is 3. The molecule has 3 aromatic rings. The van der Waals surface area contributed by atoms with Gasteiger partial charge in [-0.25, -0.2) is 4.52 Å². The Balaban J connectivity index is 0.000000343. The predicted octanol–water partition coefficient (Wildman–Crippen LogP) is 6.18. The zero-order valence-corrected chi connectivity index (χ0v) is 19.5. The molecular weight excluding hydrogens is 368 g/mol. The molecule has 160 valence electrons. The molecule has 0 atom stereocenters. The number of aryl methyl sites for hydroxylation is 2. The molecule has 0 aliphatic rings. The molecule has 0 radical (unpaired) electrons. The van der Waals surface area contributed by atoms with E-state index < -0.39 is 0 Å². The Kier molecular flexibility index (Phi) is 8.55. The van der Waals surface area contributed by atoms with Gasteiger partial charge in [-0.3, -0.25) is 4.98 Å². The molecule has 0 bridgehead atoms. The van der Waals surface area contributed by atoms with E-state index in [2.05, 4.69) is 61.2 Å². The minimum absolute atomic E-state index is 0.973. The van der Waals surface area contributed by atoms with Crippen molar-refractivity contribution in [3.05, 3.63) is 77.9 Å². The molecule has 3 aromatic heterocycles. The van der Waals surface area contributed by atoms with Crippen LogP contribution in [-0.4, -0.2) is 39.6 Å². The van der Waals surface area contributed by atoms with Crippen molar-refractivity contribution in [3.63, 3.8) is 0 Å². The Morgan fingerprint density at radius 2 is 1.70 bits per heavy atom. The van der Waals surface area contributed by atoms with E-state index in [1.165, 1.54) is 25.9 Å². The maximum absolute atomic E-state index is 4.53. The van der Waals surface area contributed by atoms with E-state index in [9.17, 15) is 0 Å². The standard InChI is InChI=1S/C19H19N3.C7H17N/c1-12(2)18-11-20-22-9-8-16(10-19(18)22)14(4)17-7-6-13(3)21-15(17)5;1-4-6-8(3)7-5-2/h6-11H,1,4H2,2-3,5H3;4-7H2,1-3H3. The Morgan fingerprint density at radius 3 is 2.27 bits per heavy atom. The fourth-order valence-electron chi connectivity index (χ4n) is 3.53. The molecule has 0 spiro atoms. The van der Waals surface area contributed by atoms with Crippen LogP contribution in [0, 0.1) is 13.8 Å². The number of nitrogens with zero attached hydrogens (tertiary/aromatic N) is 4. The maximum atomic E-state index is 4.53. The van der Waals surface area contributed by atoms with Gasteiger partial charge in [0.25, 0.3) is 0 Å². The van der Waals surface area contributed by atoms with Crippen molar-refractivity contribution in [1.29, 1.82) is 0 Å². The first-order chi connectivity index (χ1) is 14.3. The molecule has 30 heavy (non-hydrogen) atoms. The summed E-state index contributed by atoms with van der Waals surface area (Å²) in [4.78, 5) is 6.89. The highest BCUT2D eigenvalue weighted by atomic mass is 15.2. The van der Waals surface area contributed by atoms with Gasteiger partial charge in [0.05, 0.1) is 11.7 Å². The van der Waals surface area contributed by atoms with Crippen LogP contribution in [0.25, 0.3) is 16.7 Å². The lowest BCUT2D eigenvalue weighted by Gasteiger charge is -2.12. The van der Waals surface area contributed by atoms with Crippen LogP contribution in [0.2, 0.25) is 0 Å². The largest absolute Gasteiger partial charge is 0.306 e. The van der Waals surface area contributed by atoms with E-state index in [4.69, 9.17) is 0 Å². The number of fused-ring (bicyclic) bond motifs is 1. The molecule has 0 aromatic carbocycles. The summed E-state index contributed by atoms with van der Waals surface area (Å²) in [5.41, 5.74) is 8.25. The average molecular weight is 405 g/mol. The maximum Gasteiger partial charge on any atom is 0.0742 e. The van der Waals surface area contributed by atoms with E-state index in [0.717, 1.165) is 44.7 Å². The van der Waals surface area contributed by atoms with E-state index >= 15 is 0 Å². The van der Waals surface area contributed by atoms with Gasteiger partial charge in [0, 0.05) is 28.7 Å². The second-order valence-electron chi connectivity index (χ2n) is 7.95. The van der Waals surface area contributed by atoms with Crippen LogP contribution in [0.4, 0.5) is 0 Å². The highest BCUT2D eigenvalue weighted by molar-refractivity contribution is 5.83. The van der Waals surface area contributed by atoms with Gasteiger partial charge in [-0.1, -0.05) is 33.1 Å². The van der Waals surface area contributed by atoms with Gasteiger partial charge in [-0.05, 0) is 88.7 Å². The van der Waals surface area contributed by atoms with E-state index in [-0.39, 0.29) is 0 Å². The smallest absolute Gasteiger partial charge is 0.0742 e. The highest BCUT2D eigenvalue weighted by Crippen LogP contribution is 2.27. The average Bonchev–Trinajstić information content (AvgIpc) is 3.12. The summed E-state index contributed by atoms with van der Waals surface area (Å²) >= 11 is 0. The minimum Gasteiger partial charge on any atom is -0.306 e. The normalized spacial score (nSPS) is 10.8. The van der Waals surface area contributed by atoms with Gasteiger partial charge in [0.1, 0.15) is 0 Å². The van der Waals surface area contributed by atoms with Crippen molar-refractivity contribution < 1.29 is 0 Å². The summed E-state index contributed by atoms with van der Waals surface area (Å²) in [6.45, 7) is 21.2. The molecule has 0 aliphatic heterocycles. The molecular formula is C26H36N4. The number of hydrogen-bond donors (Lipinski definition) is 0. The van der Waals surface area contributed by atoms with E-state index in [1.807, 2.05) is 49.8 Å². The first-order valence-electron chi connectivity index (χ1n) is 10.7. The van der Waals surface area contributed by atoms with Gasteiger partial charge in [0.15, 0.2) is 0 Å². The summed E-state index contributed by atoms with van der Waals surface area (Å²) in [5.74, 6) is 0. The summed E-state index contributed by atoms with van der Waals surface area (Å²) in [6, 6.07) is 8.24. The third kappa shape index (κ3) is 5.90. The number of rotatable bonds is 7. The topological polar surface area (TPSA) is 33.4 Å². The number of allylic oxidation sites excluding steroid dienone is 1. The Bertz CT molecular complexity index is 1010. The first kappa shape index (κ1) is 23.6. The van der Waals surface area contributed by atoms with Crippen LogP contribution < -0.4 is 0 Å². The second-order valence-corrected chi connectivity index (χ2v) is 7.95. The predicted molar refractivity (Wildman–Crippen MR) is 130 cm³/mol. The molecule has 4 nitrogen and oxygen atoms in total. The van der Waals surface area contributed by atoms with Crippen LogP contribution in [0.1, 0.15) is 61.7 Å². The molecule has 3 rings (SSSR count). The van der Waals surface area contributed by atoms with Crippen molar-refractivity contribution in [2.75, 3.05) is 20.1 Å². The van der Waals surface area contributed by atoms with Crippen molar-refractivity contribution in [2.45, 2.75) is 47.5 Å². The summed E-state index contributed by atoms with van der Waals surface area (Å²) in [5, 5.41) is 4.36. The van der Waals surface area contributed by atoms with Gasteiger partial charge >= 0.3 is 0 Å². The monoisotopic (exact) mass is 404 g/mol. The van der Waals surface area contributed by atoms with Crippen molar-refractivity contribution in [2.24, 2.45) is 0 Å². The second kappa shape index (κ2) is 10.9. The fourth-order valence-corrected chi connectivity index (χ4v) is 3.53. The zero-order valence-electron chi connectivity index (χ0n) is 19.5. The third-order valence-corrected chi connectivity index (χ3v) is 5.09. The Morgan fingerprint density at radius 1 is 1.03 bits per heavy atom. The van der Waals surface area contributed by atoms with Gasteiger partial charge in [-0.2, -0.15) is 5.10 Å². The minimum atomic E-state index is 0.973. The van der Waals surface area contributed by atoms with Crippen LogP contribution >= 0.6 is 0 Å².